The number of halogens is 2. The van der Waals surface area contributed by atoms with E-state index in [0.29, 0.717) is 23.6 Å². The molecule has 0 atom stereocenters. The predicted molar refractivity (Wildman–Crippen MR) is 140 cm³/mol. The molecule has 1 aliphatic carbocycles. The van der Waals surface area contributed by atoms with E-state index in [9.17, 15) is 22.4 Å². The predicted octanol–water partition coefficient (Wildman–Crippen LogP) is 4.70. The Kier molecular flexibility index (Phi) is 5.64. The number of aromatic nitrogens is 2. The first kappa shape index (κ1) is 24.1. The molecule has 7 nitrogen and oxygen atoms in total. The number of carbonyl (C=O) groups excluding carboxylic acids is 1. The van der Waals surface area contributed by atoms with Crippen LogP contribution in [0.3, 0.4) is 0 Å². The Morgan fingerprint density at radius 2 is 1.68 bits per heavy atom. The first-order chi connectivity index (χ1) is 18.3. The van der Waals surface area contributed by atoms with E-state index in [1.165, 1.54) is 41.1 Å². The summed E-state index contributed by atoms with van der Waals surface area (Å²) < 4.78 is 59.2. The molecule has 0 saturated heterocycles. The van der Waals surface area contributed by atoms with Gasteiger partial charge in [0.1, 0.15) is 17.3 Å². The van der Waals surface area contributed by atoms with Gasteiger partial charge < -0.3 is 9.55 Å². The lowest BCUT2D eigenvalue weighted by Crippen LogP contribution is -2.35. The molecule has 0 radical (unpaired) electrons. The van der Waals surface area contributed by atoms with Gasteiger partial charge in [0.2, 0.25) is 10.0 Å². The van der Waals surface area contributed by atoms with Crippen LogP contribution in [0.1, 0.15) is 28.9 Å². The fraction of sp³-hybridized carbons (Fsp3) is 0.143. The third-order valence-electron chi connectivity index (χ3n) is 6.81. The van der Waals surface area contributed by atoms with Crippen LogP contribution in [-0.2, 0) is 16.6 Å². The normalized spacial score (nSPS) is 13.7. The number of aromatic amines is 1. The van der Waals surface area contributed by atoms with Gasteiger partial charge in [-0.25, -0.2) is 21.9 Å². The van der Waals surface area contributed by atoms with Crippen LogP contribution in [-0.4, -0.2) is 29.1 Å². The fourth-order valence-electron chi connectivity index (χ4n) is 4.88. The molecule has 38 heavy (non-hydrogen) atoms. The zero-order valence-electron chi connectivity index (χ0n) is 19.9. The molecule has 1 amide bonds. The number of nitrogens with one attached hydrogen (secondary N) is 2. The lowest BCUT2D eigenvalue weighted by atomic mass is 9.98. The number of sulfonamides is 1. The Morgan fingerprint density at radius 3 is 2.39 bits per heavy atom. The van der Waals surface area contributed by atoms with Crippen LogP contribution < -0.4 is 10.3 Å². The first-order valence-corrected chi connectivity index (χ1v) is 13.5. The number of rotatable bonds is 6. The smallest absolute Gasteiger partial charge is 0.282 e. The van der Waals surface area contributed by atoms with Crippen molar-refractivity contribution < 1.29 is 22.0 Å². The van der Waals surface area contributed by atoms with E-state index in [4.69, 9.17) is 0 Å². The fourth-order valence-corrected chi connectivity index (χ4v) is 6.16. The highest BCUT2D eigenvalue weighted by Gasteiger charge is 2.38. The summed E-state index contributed by atoms with van der Waals surface area (Å²) in [5.41, 5.74) is -0.0551. The highest BCUT2D eigenvalue weighted by molar-refractivity contribution is 7.91. The van der Waals surface area contributed by atoms with E-state index in [1.54, 1.807) is 36.4 Å². The molecule has 6 rings (SSSR count). The van der Waals surface area contributed by atoms with Crippen LogP contribution in [0.25, 0.3) is 32.8 Å². The Labute approximate surface area is 215 Å². The number of hydrogen-bond acceptors (Lipinski definition) is 4. The molecule has 5 aromatic rings. The standard InChI is InChI=1S/C28H21F2N3O4S/c29-21-10-4-1-6-16(21)15-33-23-14-22(30)18-7-2-3-8-19(18)24(23)25(20-9-5-13-31-27(20)34)26(33)28(35)32-38(36,37)17-11-12-17/h1-10,13-14,17H,11-12,15H2,(H,31,34)(H,32,35). The lowest BCUT2D eigenvalue weighted by molar-refractivity contribution is 0.0973. The second-order valence-electron chi connectivity index (χ2n) is 9.29. The number of fused-ring (bicyclic) bond motifs is 3. The molecule has 1 aliphatic rings. The topological polar surface area (TPSA) is 101 Å². The average Bonchev–Trinajstić information content (AvgIpc) is 3.71. The van der Waals surface area contributed by atoms with Crippen molar-refractivity contribution in [1.29, 1.82) is 0 Å². The summed E-state index contributed by atoms with van der Waals surface area (Å²) in [6.07, 6.45) is 2.29. The van der Waals surface area contributed by atoms with Crippen molar-refractivity contribution in [3.05, 3.63) is 106 Å². The van der Waals surface area contributed by atoms with Crippen LogP contribution >= 0.6 is 0 Å². The minimum atomic E-state index is -3.98. The molecule has 3 aromatic carbocycles. The number of pyridine rings is 1. The SMILES string of the molecule is O=C(NS(=O)(=O)C1CC1)c1c(-c2ccc[nH]c2=O)c2c3ccccc3c(F)cc2n1Cc1ccccc1F. The van der Waals surface area contributed by atoms with E-state index in [0.717, 1.165) is 0 Å². The van der Waals surface area contributed by atoms with E-state index < -0.39 is 38.4 Å². The highest BCUT2D eigenvalue weighted by atomic mass is 32.2. The second-order valence-corrected chi connectivity index (χ2v) is 11.2. The third-order valence-corrected chi connectivity index (χ3v) is 8.63. The zero-order valence-corrected chi connectivity index (χ0v) is 20.7. The highest BCUT2D eigenvalue weighted by Crippen LogP contribution is 2.40. The molecular weight excluding hydrogens is 512 g/mol. The van der Waals surface area contributed by atoms with Crippen LogP contribution in [0.5, 0.6) is 0 Å². The third kappa shape index (κ3) is 3.97. The van der Waals surface area contributed by atoms with Gasteiger partial charge >= 0.3 is 0 Å². The second kappa shape index (κ2) is 8.91. The largest absolute Gasteiger partial charge is 0.331 e. The van der Waals surface area contributed by atoms with E-state index >= 15 is 4.39 Å². The van der Waals surface area contributed by atoms with Crippen molar-refractivity contribution in [3.63, 3.8) is 0 Å². The summed E-state index contributed by atoms with van der Waals surface area (Å²) in [5, 5.41) is 0.378. The summed E-state index contributed by atoms with van der Waals surface area (Å²) in [6, 6.07) is 16.8. The molecule has 2 heterocycles. The van der Waals surface area contributed by atoms with Crippen molar-refractivity contribution in [1.82, 2.24) is 14.3 Å². The van der Waals surface area contributed by atoms with E-state index in [2.05, 4.69) is 9.71 Å². The molecule has 0 unspecified atom stereocenters. The van der Waals surface area contributed by atoms with Crippen molar-refractivity contribution >= 4 is 37.6 Å². The molecule has 1 saturated carbocycles. The zero-order chi connectivity index (χ0) is 26.6. The summed E-state index contributed by atoms with van der Waals surface area (Å²) in [7, 11) is -3.98. The molecule has 0 aliphatic heterocycles. The van der Waals surface area contributed by atoms with Crippen LogP contribution in [0.2, 0.25) is 0 Å². The summed E-state index contributed by atoms with van der Waals surface area (Å²) in [5.74, 6) is -2.11. The van der Waals surface area contributed by atoms with E-state index in [-0.39, 0.29) is 39.8 Å². The summed E-state index contributed by atoms with van der Waals surface area (Å²) >= 11 is 0. The molecular formula is C28H21F2N3O4S. The summed E-state index contributed by atoms with van der Waals surface area (Å²) in [6.45, 7) is -0.210. The van der Waals surface area contributed by atoms with Gasteiger partial charge in [-0.2, -0.15) is 0 Å². The van der Waals surface area contributed by atoms with Crippen LogP contribution in [0.4, 0.5) is 8.78 Å². The minimum Gasteiger partial charge on any atom is -0.331 e. The minimum absolute atomic E-state index is 0.0931. The molecule has 2 N–H and O–H groups in total. The van der Waals surface area contributed by atoms with Gasteiger partial charge in [0, 0.05) is 33.7 Å². The van der Waals surface area contributed by atoms with Gasteiger partial charge in [-0.3, -0.25) is 9.59 Å². The van der Waals surface area contributed by atoms with Crippen molar-refractivity contribution in [2.45, 2.75) is 24.6 Å². The Bertz CT molecular complexity index is 1920. The van der Waals surface area contributed by atoms with Gasteiger partial charge in [-0.05, 0) is 42.5 Å². The van der Waals surface area contributed by atoms with Gasteiger partial charge in [0.05, 0.1) is 17.3 Å². The average molecular weight is 534 g/mol. The number of H-pyrrole nitrogens is 1. The van der Waals surface area contributed by atoms with Crippen molar-refractivity contribution in [2.24, 2.45) is 0 Å². The Balaban J connectivity index is 1.75. The van der Waals surface area contributed by atoms with Gasteiger partial charge in [0.25, 0.3) is 11.5 Å². The summed E-state index contributed by atoms with van der Waals surface area (Å²) in [4.78, 5) is 29.4. The molecule has 2 aromatic heterocycles. The molecule has 10 heteroatoms. The van der Waals surface area contributed by atoms with Gasteiger partial charge in [-0.1, -0.05) is 42.5 Å². The maximum absolute atomic E-state index is 15.4. The molecule has 0 spiro atoms. The quantitative estimate of drug-likeness (QED) is 0.331. The van der Waals surface area contributed by atoms with Crippen molar-refractivity contribution in [2.75, 3.05) is 0 Å². The first-order valence-electron chi connectivity index (χ1n) is 12.0. The Hall–Kier alpha value is -4.31. The van der Waals surface area contributed by atoms with Crippen molar-refractivity contribution in [3.8, 4) is 11.1 Å². The number of amides is 1. The number of hydrogen-bond donors (Lipinski definition) is 2. The number of benzene rings is 3. The van der Waals surface area contributed by atoms with Crippen LogP contribution in [0, 0.1) is 11.6 Å². The maximum atomic E-state index is 15.4. The lowest BCUT2D eigenvalue weighted by Gasteiger charge is -2.13. The van der Waals surface area contributed by atoms with Crippen LogP contribution in [0.15, 0.2) is 77.7 Å². The molecule has 1 fully saturated rings. The van der Waals surface area contributed by atoms with Gasteiger partial charge in [-0.15, -0.1) is 0 Å². The Morgan fingerprint density at radius 1 is 0.974 bits per heavy atom. The number of nitrogens with zero attached hydrogens (tertiary/aromatic N) is 1. The monoisotopic (exact) mass is 533 g/mol. The van der Waals surface area contributed by atoms with E-state index in [1.807, 2.05) is 0 Å². The van der Waals surface area contributed by atoms with Gasteiger partial charge in [0.15, 0.2) is 0 Å². The molecule has 0 bridgehead atoms. The number of carbonyl (C=O) groups is 1. The molecule has 192 valence electrons. The maximum Gasteiger partial charge on any atom is 0.282 e.